The maximum Gasteiger partial charge on any atom is 0.257 e. The molecule has 1 aromatic rings. The van der Waals surface area contributed by atoms with Crippen molar-refractivity contribution in [3.8, 4) is 0 Å². The smallest absolute Gasteiger partial charge is 0.240 e. The van der Waals surface area contributed by atoms with Crippen molar-refractivity contribution in [2.75, 3.05) is 7.05 Å². The summed E-state index contributed by atoms with van der Waals surface area (Å²) in [6.45, 7) is 1.74. The molecule has 0 aromatic carbocycles. The zero-order valence-electron chi connectivity index (χ0n) is 6.90. The molecule has 0 unspecified atom stereocenters. The highest BCUT2D eigenvalue weighted by atomic mass is 32.2. The van der Waals surface area contributed by atoms with E-state index in [0.29, 0.717) is 5.69 Å². The molecule has 12 heavy (non-hydrogen) atoms. The second-order valence-electron chi connectivity index (χ2n) is 2.32. The van der Waals surface area contributed by atoms with Crippen molar-refractivity contribution in [1.29, 1.82) is 0 Å². The summed E-state index contributed by atoms with van der Waals surface area (Å²) < 4.78 is 24.6. The van der Waals surface area contributed by atoms with Gasteiger partial charge in [0.2, 0.25) is 0 Å². The Bertz CT molecular complexity index is 373. The first-order valence-corrected chi connectivity index (χ1v) is 4.92. The predicted octanol–water partition coefficient (Wildman–Crippen LogP) is 0.298. The third-order valence-electron chi connectivity index (χ3n) is 1.41. The normalized spacial score (nSPS) is 11.5. The Morgan fingerprint density at radius 1 is 1.42 bits per heavy atom. The first-order valence-electron chi connectivity index (χ1n) is 3.43. The van der Waals surface area contributed by atoms with Gasteiger partial charge in [0, 0.05) is 5.69 Å². The summed E-state index contributed by atoms with van der Waals surface area (Å²) in [5.41, 5.74) is 0.686. The van der Waals surface area contributed by atoms with E-state index in [9.17, 15) is 8.42 Å². The molecular formula is C7H10N2O2S. The number of aromatic nitrogens is 1. The summed E-state index contributed by atoms with van der Waals surface area (Å²) in [4.78, 5) is 3.87. The average Bonchev–Trinajstić information content (AvgIpc) is 2.05. The largest absolute Gasteiger partial charge is 0.257 e. The van der Waals surface area contributed by atoms with Crippen molar-refractivity contribution in [1.82, 2.24) is 9.71 Å². The zero-order valence-corrected chi connectivity index (χ0v) is 7.72. The third kappa shape index (κ3) is 1.80. The van der Waals surface area contributed by atoms with Crippen LogP contribution in [0.2, 0.25) is 0 Å². The first kappa shape index (κ1) is 9.15. The highest BCUT2D eigenvalue weighted by molar-refractivity contribution is 7.89. The van der Waals surface area contributed by atoms with E-state index < -0.39 is 10.0 Å². The molecule has 0 saturated heterocycles. The van der Waals surface area contributed by atoms with E-state index in [1.165, 1.54) is 13.1 Å². The van der Waals surface area contributed by atoms with E-state index in [1.54, 1.807) is 19.1 Å². The molecule has 0 amide bonds. The Morgan fingerprint density at radius 2 is 2.08 bits per heavy atom. The van der Waals surface area contributed by atoms with Crippen LogP contribution in [0.15, 0.2) is 23.2 Å². The van der Waals surface area contributed by atoms with Crippen LogP contribution in [0.4, 0.5) is 0 Å². The standard InChI is InChI=1S/C7H10N2O2S/c1-6-4-3-5-7(9-6)12(10,11)8-2/h3-5,8H,1-2H3. The Labute approximate surface area is 71.7 Å². The van der Waals surface area contributed by atoms with Gasteiger partial charge < -0.3 is 0 Å². The predicted molar refractivity (Wildman–Crippen MR) is 45.2 cm³/mol. The molecule has 1 heterocycles. The molecule has 1 aromatic heterocycles. The molecular weight excluding hydrogens is 176 g/mol. The van der Waals surface area contributed by atoms with Gasteiger partial charge in [-0.3, -0.25) is 0 Å². The molecule has 0 fully saturated rings. The van der Waals surface area contributed by atoms with Crippen LogP contribution in [0.1, 0.15) is 5.69 Å². The minimum atomic E-state index is -3.38. The zero-order chi connectivity index (χ0) is 9.19. The molecule has 0 bridgehead atoms. The van der Waals surface area contributed by atoms with Crippen molar-refractivity contribution >= 4 is 10.0 Å². The molecule has 1 rings (SSSR count). The van der Waals surface area contributed by atoms with Crippen LogP contribution in [-0.2, 0) is 10.0 Å². The molecule has 66 valence electrons. The van der Waals surface area contributed by atoms with E-state index in [0.717, 1.165) is 0 Å². The van der Waals surface area contributed by atoms with Crippen molar-refractivity contribution < 1.29 is 8.42 Å². The third-order valence-corrected chi connectivity index (χ3v) is 2.72. The van der Waals surface area contributed by atoms with Crippen LogP contribution in [0, 0.1) is 6.92 Å². The van der Waals surface area contributed by atoms with Gasteiger partial charge in [0.05, 0.1) is 0 Å². The molecule has 0 spiro atoms. The van der Waals surface area contributed by atoms with E-state index in [2.05, 4.69) is 9.71 Å². The van der Waals surface area contributed by atoms with Gasteiger partial charge in [0.25, 0.3) is 10.0 Å². The summed E-state index contributed by atoms with van der Waals surface area (Å²) in [6, 6.07) is 4.86. The second-order valence-corrected chi connectivity index (χ2v) is 4.16. The van der Waals surface area contributed by atoms with E-state index in [4.69, 9.17) is 0 Å². The molecule has 0 saturated carbocycles. The van der Waals surface area contributed by atoms with Gasteiger partial charge in [0.1, 0.15) is 0 Å². The lowest BCUT2D eigenvalue weighted by Gasteiger charge is -2.00. The van der Waals surface area contributed by atoms with Crippen LogP contribution >= 0.6 is 0 Å². The van der Waals surface area contributed by atoms with Gasteiger partial charge >= 0.3 is 0 Å². The van der Waals surface area contributed by atoms with Gasteiger partial charge in [-0.15, -0.1) is 0 Å². The van der Waals surface area contributed by atoms with Crippen LogP contribution < -0.4 is 4.72 Å². The van der Waals surface area contributed by atoms with Crippen LogP contribution in [-0.4, -0.2) is 20.4 Å². The fourth-order valence-electron chi connectivity index (χ4n) is 0.772. The molecule has 4 nitrogen and oxygen atoms in total. The van der Waals surface area contributed by atoms with Crippen LogP contribution in [0.5, 0.6) is 0 Å². The SMILES string of the molecule is CNS(=O)(=O)c1cccc(C)n1. The number of nitrogens with one attached hydrogen (secondary N) is 1. The lowest BCUT2D eigenvalue weighted by molar-refractivity contribution is 0.584. The van der Waals surface area contributed by atoms with Gasteiger partial charge in [-0.1, -0.05) is 6.07 Å². The molecule has 0 aliphatic heterocycles. The van der Waals surface area contributed by atoms with Gasteiger partial charge in [-0.2, -0.15) is 0 Å². The first-order chi connectivity index (χ1) is 5.56. The molecule has 0 aliphatic carbocycles. The summed E-state index contributed by atoms with van der Waals surface area (Å²) in [5, 5.41) is 0.0602. The summed E-state index contributed by atoms with van der Waals surface area (Å²) in [7, 11) is -2.02. The monoisotopic (exact) mass is 186 g/mol. The molecule has 5 heteroatoms. The molecule has 1 N–H and O–H groups in total. The van der Waals surface area contributed by atoms with Crippen LogP contribution in [0.25, 0.3) is 0 Å². The van der Waals surface area contributed by atoms with Crippen molar-refractivity contribution in [3.63, 3.8) is 0 Å². The van der Waals surface area contributed by atoms with Gasteiger partial charge in [-0.05, 0) is 26.1 Å². The number of pyridine rings is 1. The number of hydrogen-bond acceptors (Lipinski definition) is 3. The number of sulfonamides is 1. The molecule has 0 radical (unpaired) electrons. The maximum absolute atomic E-state index is 11.2. The van der Waals surface area contributed by atoms with E-state index >= 15 is 0 Å². The topological polar surface area (TPSA) is 59.1 Å². The number of hydrogen-bond donors (Lipinski definition) is 1. The highest BCUT2D eigenvalue weighted by Gasteiger charge is 2.11. The van der Waals surface area contributed by atoms with Crippen molar-refractivity contribution in [2.24, 2.45) is 0 Å². The fourth-order valence-corrected chi connectivity index (χ4v) is 1.50. The Morgan fingerprint density at radius 3 is 2.58 bits per heavy atom. The van der Waals surface area contributed by atoms with Gasteiger partial charge in [0.15, 0.2) is 5.03 Å². The van der Waals surface area contributed by atoms with Crippen molar-refractivity contribution in [2.45, 2.75) is 11.9 Å². The van der Waals surface area contributed by atoms with Gasteiger partial charge in [-0.25, -0.2) is 18.1 Å². The Balaban J connectivity index is 3.21. The summed E-state index contributed by atoms with van der Waals surface area (Å²) in [6.07, 6.45) is 0. The Hall–Kier alpha value is -0.940. The van der Waals surface area contributed by atoms with E-state index in [-0.39, 0.29) is 5.03 Å². The number of nitrogens with zero attached hydrogens (tertiary/aromatic N) is 1. The molecule has 0 aliphatic rings. The number of aryl methyl sites for hydroxylation is 1. The lowest BCUT2D eigenvalue weighted by Crippen LogP contribution is -2.19. The second kappa shape index (κ2) is 3.20. The highest BCUT2D eigenvalue weighted by Crippen LogP contribution is 2.04. The Kier molecular flexibility index (Phi) is 2.44. The minimum absolute atomic E-state index is 0.0602. The maximum atomic E-state index is 11.2. The van der Waals surface area contributed by atoms with Crippen LogP contribution in [0.3, 0.4) is 0 Å². The quantitative estimate of drug-likeness (QED) is 0.722. The summed E-state index contributed by atoms with van der Waals surface area (Å²) >= 11 is 0. The molecule has 0 atom stereocenters. The lowest BCUT2D eigenvalue weighted by atomic mass is 10.4. The van der Waals surface area contributed by atoms with E-state index in [1.807, 2.05) is 0 Å². The average molecular weight is 186 g/mol. The summed E-state index contributed by atoms with van der Waals surface area (Å²) in [5.74, 6) is 0. The number of rotatable bonds is 2. The fraction of sp³-hybridized carbons (Fsp3) is 0.286. The minimum Gasteiger partial charge on any atom is -0.240 e. The van der Waals surface area contributed by atoms with Crippen molar-refractivity contribution in [3.05, 3.63) is 23.9 Å².